The van der Waals surface area contributed by atoms with Crippen LogP contribution in [-0.2, 0) is 4.79 Å². The van der Waals surface area contributed by atoms with Crippen LogP contribution in [0.4, 0.5) is 4.79 Å². The van der Waals surface area contributed by atoms with Crippen molar-refractivity contribution in [3.05, 3.63) is 0 Å². The Morgan fingerprint density at radius 2 is 1.74 bits per heavy atom. The minimum Gasteiger partial charge on any atom is -0.480 e. The van der Waals surface area contributed by atoms with Crippen LogP contribution in [-0.4, -0.2) is 40.6 Å². The zero-order valence-corrected chi connectivity index (χ0v) is 12.6. The van der Waals surface area contributed by atoms with Crippen LogP contribution < -0.4 is 5.32 Å². The minimum absolute atomic E-state index is 0.160. The van der Waals surface area contributed by atoms with Crippen LogP contribution in [0, 0.1) is 5.41 Å². The Balaban J connectivity index is 2.54. The summed E-state index contributed by atoms with van der Waals surface area (Å²) in [6, 6.07) is -0.148. The van der Waals surface area contributed by atoms with Crippen molar-refractivity contribution in [1.29, 1.82) is 0 Å². The predicted octanol–water partition coefficient (Wildman–Crippen LogP) is 2.46. The van der Waals surface area contributed by atoms with E-state index in [1.807, 2.05) is 0 Å². The number of rotatable bonds is 3. The summed E-state index contributed by atoms with van der Waals surface area (Å²) in [6.07, 6.45) is 4.09. The third-order valence-electron chi connectivity index (χ3n) is 4.33. The fourth-order valence-corrected chi connectivity index (χ4v) is 2.21. The van der Waals surface area contributed by atoms with Gasteiger partial charge in [-0.05, 0) is 44.9 Å². The van der Waals surface area contributed by atoms with E-state index >= 15 is 0 Å². The summed E-state index contributed by atoms with van der Waals surface area (Å²) in [7, 11) is 1.52. The van der Waals surface area contributed by atoms with Gasteiger partial charge in [-0.2, -0.15) is 0 Å². The highest BCUT2D eigenvalue weighted by atomic mass is 16.4. The molecule has 0 heterocycles. The highest BCUT2D eigenvalue weighted by molar-refractivity contribution is 5.85. The van der Waals surface area contributed by atoms with E-state index in [1.165, 1.54) is 25.8 Å². The Kier molecular flexibility index (Phi) is 4.48. The average molecular weight is 270 g/mol. The molecule has 110 valence electrons. The molecule has 0 unspecified atom stereocenters. The number of hydrogen-bond acceptors (Lipinski definition) is 2. The maximum absolute atomic E-state index is 12.1. The lowest BCUT2D eigenvalue weighted by Crippen LogP contribution is -2.56. The molecule has 0 radical (unpaired) electrons. The summed E-state index contributed by atoms with van der Waals surface area (Å²) in [5, 5.41) is 12.1. The second-order valence-electron chi connectivity index (χ2n) is 6.81. The van der Waals surface area contributed by atoms with Gasteiger partial charge in [-0.15, -0.1) is 0 Å². The molecule has 0 aromatic rings. The topological polar surface area (TPSA) is 69.6 Å². The summed E-state index contributed by atoms with van der Waals surface area (Å²) in [4.78, 5) is 24.5. The number of likely N-dealkylation sites (N-methyl/N-ethyl adjacent to an activating group) is 1. The van der Waals surface area contributed by atoms with Gasteiger partial charge in [0.05, 0.1) is 0 Å². The Morgan fingerprint density at radius 3 is 2.16 bits per heavy atom. The van der Waals surface area contributed by atoms with Crippen LogP contribution in [0.1, 0.15) is 53.4 Å². The van der Waals surface area contributed by atoms with Gasteiger partial charge in [0, 0.05) is 13.1 Å². The zero-order chi connectivity index (χ0) is 14.8. The summed E-state index contributed by atoms with van der Waals surface area (Å²) in [5.74, 6) is -1.00. The Labute approximate surface area is 115 Å². The molecule has 1 rings (SSSR count). The van der Waals surface area contributed by atoms with Crippen LogP contribution in [0.25, 0.3) is 0 Å². The second-order valence-corrected chi connectivity index (χ2v) is 6.81. The lowest BCUT2D eigenvalue weighted by atomic mass is 9.75. The molecule has 1 aliphatic carbocycles. The van der Waals surface area contributed by atoms with Gasteiger partial charge in [0.15, 0.2) is 0 Å². The van der Waals surface area contributed by atoms with Crippen molar-refractivity contribution >= 4 is 12.0 Å². The molecule has 0 saturated heterocycles. The van der Waals surface area contributed by atoms with Gasteiger partial charge >= 0.3 is 12.0 Å². The summed E-state index contributed by atoms with van der Waals surface area (Å²) >= 11 is 0. The molecule has 19 heavy (non-hydrogen) atoms. The molecule has 0 aromatic heterocycles. The van der Waals surface area contributed by atoms with Crippen LogP contribution in [0.5, 0.6) is 0 Å². The maximum Gasteiger partial charge on any atom is 0.329 e. The lowest BCUT2D eigenvalue weighted by molar-refractivity contribution is -0.146. The average Bonchev–Trinajstić information content (AvgIpc) is 2.30. The molecule has 5 nitrogen and oxygen atoms in total. The van der Waals surface area contributed by atoms with E-state index in [0.717, 1.165) is 25.7 Å². The van der Waals surface area contributed by atoms with Crippen LogP contribution in [0.3, 0.4) is 0 Å². The molecule has 0 bridgehead atoms. The molecule has 1 saturated carbocycles. The zero-order valence-electron chi connectivity index (χ0n) is 12.6. The van der Waals surface area contributed by atoms with E-state index in [4.69, 9.17) is 5.11 Å². The molecular weight excluding hydrogens is 244 g/mol. The van der Waals surface area contributed by atoms with Crippen molar-refractivity contribution in [2.75, 3.05) is 7.05 Å². The van der Waals surface area contributed by atoms with E-state index in [9.17, 15) is 9.59 Å². The van der Waals surface area contributed by atoms with Crippen molar-refractivity contribution in [2.45, 2.75) is 65.0 Å². The van der Waals surface area contributed by atoms with Gasteiger partial charge < -0.3 is 15.3 Å². The van der Waals surface area contributed by atoms with E-state index in [2.05, 4.69) is 19.2 Å². The maximum atomic E-state index is 12.1. The van der Waals surface area contributed by atoms with E-state index in [0.29, 0.717) is 5.41 Å². The van der Waals surface area contributed by atoms with Crippen molar-refractivity contribution in [2.24, 2.45) is 5.41 Å². The number of urea groups is 1. The quantitative estimate of drug-likeness (QED) is 0.827. The van der Waals surface area contributed by atoms with Gasteiger partial charge in [-0.1, -0.05) is 13.8 Å². The number of nitrogens with one attached hydrogen (secondary N) is 1. The molecule has 2 amide bonds. The molecule has 1 aliphatic rings. The number of aliphatic carboxylic acids is 1. The standard InChI is InChI=1S/C14H26N2O3/c1-13(2)8-6-10(7-9-13)15-12(19)16(5)14(3,4)11(17)18/h10H,6-9H2,1-5H3,(H,15,19)(H,17,18). The third-order valence-corrected chi connectivity index (χ3v) is 4.33. The van der Waals surface area contributed by atoms with Crippen molar-refractivity contribution < 1.29 is 14.7 Å². The number of amides is 2. The van der Waals surface area contributed by atoms with Gasteiger partial charge in [0.25, 0.3) is 0 Å². The normalized spacial score (nSPS) is 19.8. The van der Waals surface area contributed by atoms with Crippen molar-refractivity contribution in [1.82, 2.24) is 10.2 Å². The molecule has 0 aliphatic heterocycles. The second kappa shape index (κ2) is 5.39. The van der Waals surface area contributed by atoms with Gasteiger partial charge in [-0.25, -0.2) is 9.59 Å². The van der Waals surface area contributed by atoms with Crippen LogP contribution in [0.15, 0.2) is 0 Å². The highest BCUT2D eigenvalue weighted by Crippen LogP contribution is 2.35. The number of carboxylic acid groups (broad SMARTS) is 1. The fraction of sp³-hybridized carbons (Fsp3) is 0.857. The monoisotopic (exact) mass is 270 g/mol. The summed E-state index contributed by atoms with van der Waals surface area (Å²) in [5.41, 5.74) is -0.842. The largest absolute Gasteiger partial charge is 0.480 e. The Hall–Kier alpha value is -1.26. The molecule has 0 aromatic carbocycles. The van der Waals surface area contributed by atoms with E-state index < -0.39 is 11.5 Å². The molecule has 2 N–H and O–H groups in total. The van der Waals surface area contributed by atoms with Gasteiger partial charge in [0.1, 0.15) is 5.54 Å². The SMILES string of the molecule is CN(C(=O)NC1CCC(C)(C)CC1)C(C)(C)C(=O)O. The van der Waals surface area contributed by atoms with Gasteiger partial charge in [-0.3, -0.25) is 0 Å². The van der Waals surface area contributed by atoms with Crippen molar-refractivity contribution in [3.8, 4) is 0 Å². The highest BCUT2D eigenvalue weighted by Gasteiger charge is 2.36. The molecule has 0 spiro atoms. The van der Waals surface area contributed by atoms with E-state index in [-0.39, 0.29) is 12.1 Å². The van der Waals surface area contributed by atoms with E-state index in [1.54, 1.807) is 0 Å². The third kappa shape index (κ3) is 3.85. The summed E-state index contributed by atoms with van der Waals surface area (Å²) < 4.78 is 0. The Morgan fingerprint density at radius 1 is 1.26 bits per heavy atom. The number of carbonyl (C=O) groups is 2. The molecule has 0 atom stereocenters. The molecule has 1 fully saturated rings. The first kappa shape index (κ1) is 15.8. The van der Waals surface area contributed by atoms with Gasteiger partial charge in [0.2, 0.25) is 0 Å². The number of hydrogen-bond donors (Lipinski definition) is 2. The smallest absolute Gasteiger partial charge is 0.329 e. The number of carboxylic acids is 1. The van der Waals surface area contributed by atoms with Crippen LogP contribution >= 0.6 is 0 Å². The number of carbonyl (C=O) groups excluding carboxylic acids is 1. The first-order chi connectivity index (χ1) is 8.56. The Bertz CT molecular complexity index is 354. The predicted molar refractivity (Wildman–Crippen MR) is 74.0 cm³/mol. The fourth-order valence-electron chi connectivity index (χ4n) is 2.21. The molecular formula is C14H26N2O3. The first-order valence-electron chi connectivity index (χ1n) is 6.84. The van der Waals surface area contributed by atoms with Crippen molar-refractivity contribution in [3.63, 3.8) is 0 Å². The minimum atomic E-state index is -1.20. The lowest BCUT2D eigenvalue weighted by Gasteiger charge is -2.37. The van der Waals surface area contributed by atoms with Crippen LogP contribution in [0.2, 0.25) is 0 Å². The first-order valence-corrected chi connectivity index (χ1v) is 6.84. The molecule has 5 heteroatoms. The summed E-state index contributed by atoms with van der Waals surface area (Å²) in [6.45, 7) is 7.53. The number of nitrogens with zero attached hydrogens (tertiary/aromatic N) is 1.